The largest absolute Gasteiger partial charge is 0.481 e. The van der Waals surface area contributed by atoms with Crippen molar-refractivity contribution < 1.29 is 14.6 Å². The molecule has 0 spiro atoms. The van der Waals surface area contributed by atoms with Crippen LogP contribution in [0.3, 0.4) is 0 Å². The molecule has 0 unspecified atom stereocenters. The maximum atomic E-state index is 11.2. The zero-order valence-electron chi connectivity index (χ0n) is 18.1. The van der Waals surface area contributed by atoms with Crippen molar-refractivity contribution in [1.29, 1.82) is 0 Å². The molecular weight excluding hydrogens is 430 g/mol. The van der Waals surface area contributed by atoms with E-state index in [0.29, 0.717) is 16.7 Å². The van der Waals surface area contributed by atoms with Gasteiger partial charge in [-0.05, 0) is 51.0 Å². The highest BCUT2D eigenvalue weighted by Gasteiger charge is 2.30. The first-order valence-corrected chi connectivity index (χ1v) is 11.0. The molecule has 2 N–H and O–H groups in total. The number of hydrogen-bond donors (Lipinski definition) is 2. The average molecular weight is 456 g/mol. The third kappa shape index (κ3) is 4.92. The van der Waals surface area contributed by atoms with E-state index in [4.69, 9.17) is 16.3 Å². The highest BCUT2D eigenvalue weighted by atomic mass is 35.5. The molecular formula is C23H26ClN5O3. The fourth-order valence-corrected chi connectivity index (χ4v) is 3.74. The van der Waals surface area contributed by atoms with Crippen LogP contribution in [0.5, 0.6) is 0 Å². The lowest BCUT2D eigenvalue weighted by Gasteiger charge is -2.34. The molecule has 3 aromatic rings. The molecule has 0 radical (unpaired) electrons. The van der Waals surface area contributed by atoms with Gasteiger partial charge in [-0.1, -0.05) is 23.7 Å². The Hall–Kier alpha value is -2.97. The van der Waals surface area contributed by atoms with Crippen molar-refractivity contribution in [3.05, 3.63) is 47.6 Å². The van der Waals surface area contributed by atoms with Gasteiger partial charge in [-0.3, -0.25) is 4.79 Å². The monoisotopic (exact) mass is 455 g/mol. The topological polar surface area (TPSA) is 104 Å². The number of hydrogen-bond acceptors (Lipinski definition) is 6. The van der Waals surface area contributed by atoms with Crippen molar-refractivity contribution in [3.8, 4) is 22.8 Å². The average Bonchev–Trinajstić information content (AvgIpc) is 3.28. The van der Waals surface area contributed by atoms with E-state index >= 15 is 0 Å². The Morgan fingerprint density at radius 1 is 1.19 bits per heavy atom. The van der Waals surface area contributed by atoms with Gasteiger partial charge in [0.05, 0.1) is 23.1 Å². The summed E-state index contributed by atoms with van der Waals surface area (Å²) in [5.41, 5.74) is 0.768. The predicted octanol–water partition coefficient (Wildman–Crippen LogP) is 4.28. The van der Waals surface area contributed by atoms with Crippen LogP contribution in [0, 0.1) is 5.41 Å². The minimum Gasteiger partial charge on any atom is -0.481 e. The van der Waals surface area contributed by atoms with Gasteiger partial charge in [0.1, 0.15) is 5.82 Å². The normalized spacial score (nSPS) is 15.2. The Morgan fingerprint density at radius 2 is 1.91 bits per heavy atom. The van der Waals surface area contributed by atoms with Crippen LogP contribution in [-0.2, 0) is 9.53 Å². The van der Waals surface area contributed by atoms with Crippen LogP contribution < -0.4 is 4.90 Å². The van der Waals surface area contributed by atoms with Gasteiger partial charge in [0.15, 0.2) is 11.6 Å². The molecule has 1 saturated heterocycles. The van der Waals surface area contributed by atoms with Crippen LogP contribution in [0.2, 0.25) is 5.02 Å². The van der Waals surface area contributed by atoms with Gasteiger partial charge in [-0.25, -0.2) is 4.98 Å². The number of carbonyl (C=O) groups is 1. The molecule has 0 amide bonds. The van der Waals surface area contributed by atoms with E-state index in [9.17, 15) is 9.90 Å². The van der Waals surface area contributed by atoms with Crippen molar-refractivity contribution in [2.45, 2.75) is 32.8 Å². The number of aromatic amines is 1. The van der Waals surface area contributed by atoms with Crippen LogP contribution in [-0.4, -0.2) is 57.0 Å². The van der Waals surface area contributed by atoms with E-state index in [-0.39, 0.29) is 12.7 Å². The molecule has 0 aliphatic carbocycles. The summed E-state index contributed by atoms with van der Waals surface area (Å²) in [6.07, 6.45) is 3.52. The smallest absolute Gasteiger partial charge is 0.311 e. The van der Waals surface area contributed by atoms with Crippen LogP contribution in [0.4, 0.5) is 5.82 Å². The molecule has 9 heteroatoms. The minimum atomic E-state index is -0.874. The fourth-order valence-electron chi connectivity index (χ4n) is 3.52. The van der Waals surface area contributed by atoms with Crippen LogP contribution >= 0.6 is 11.6 Å². The number of benzene rings is 1. The Bertz CT molecular complexity index is 1080. The van der Waals surface area contributed by atoms with Crippen molar-refractivity contribution in [3.63, 3.8) is 0 Å². The molecule has 2 aromatic heterocycles. The summed E-state index contributed by atoms with van der Waals surface area (Å²) in [6.45, 7) is 5.20. The SMILES string of the molecule is CC(C)(COC1CCN(c2ccc(-c3nnc(-c4ccccc4Cl)[nH]3)cn2)CC1)C(=O)O. The van der Waals surface area contributed by atoms with E-state index in [1.165, 1.54) is 0 Å². The zero-order chi connectivity index (χ0) is 22.7. The number of nitrogens with one attached hydrogen (secondary N) is 1. The molecule has 0 saturated carbocycles. The molecule has 1 aliphatic rings. The van der Waals surface area contributed by atoms with Crippen LogP contribution in [0.15, 0.2) is 42.6 Å². The highest BCUT2D eigenvalue weighted by Crippen LogP contribution is 2.27. The Morgan fingerprint density at radius 3 is 2.56 bits per heavy atom. The Kier molecular flexibility index (Phi) is 6.43. The van der Waals surface area contributed by atoms with Crippen molar-refractivity contribution >= 4 is 23.4 Å². The third-order valence-corrected chi connectivity index (χ3v) is 5.99. The lowest BCUT2D eigenvalue weighted by molar-refractivity contribution is -0.152. The van der Waals surface area contributed by atoms with Crippen LogP contribution in [0.1, 0.15) is 26.7 Å². The van der Waals surface area contributed by atoms with Crippen molar-refractivity contribution in [1.82, 2.24) is 20.2 Å². The van der Waals surface area contributed by atoms with Gasteiger partial charge in [0, 0.05) is 30.4 Å². The van der Waals surface area contributed by atoms with Crippen molar-refractivity contribution in [2.75, 3.05) is 24.6 Å². The summed E-state index contributed by atoms with van der Waals surface area (Å²) in [7, 11) is 0. The molecule has 1 aromatic carbocycles. The number of ether oxygens (including phenoxy) is 1. The van der Waals surface area contributed by atoms with E-state index in [2.05, 4.69) is 25.1 Å². The number of aromatic nitrogens is 4. The Balaban J connectivity index is 1.35. The second-order valence-corrected chi connectivity index (χ2v) is 9.00. The minimum absolute atomic E-state index is 0.0709. The number of rotatable bonds is 7. The highest BCUT2D eigenvalue weighted by molar-refractivity contribution is 6.33. The summed E-state index contributed by atoms with van der Waals surface area (Å²) in [6, 6.07) is 11.4. The standard InChI is InChI=1S/C23H26ClN5O3/c1-23(2,22(30)31)14-32-16-9-11-29(12-10-16)19-8-7-15(13-25-19)20-26-21(28-27-20)17-5-3-4-6-18(17)24/h3-8,13,16H,9-12,14H2,1-2H3,(H,30,31)(H,26,27,28). The number of aliphatic carboxylic acids is 1. The summed E-state index contributed by atoms with van der Waals surface area (Å²) in [5.74, 6) is 1.30. The van der Waals surface area contributed by atoms with E-state index < -0.39 is 11.4 Å². The maximum Gasteiger partial charge on any atom is 0.311 e. The summed E-state index contributed by atoms with van der Waals surface area (Å²) in [5, 5.41) is 18.3. The Labute approximate surface area is 191 Å². The van der Waals surface area contributed by atoms with Gasteiger partial charge < -0.3 is 19.7 Å². The number of piperidine rings is 1. The zero-order valence-corrected chi connectivity index (χ0v) is 18.8. The van der Waals surface area contributed by atoms with Gasteiger partial charge in [-0.2, -0.15) is 0 Å². The molecule has 1 aliphatic heterocycles. The van der Waals surface area contributed by atoms with Gasteiger partial charge >= 0.3 is 5.97 Å². The first kappa shape index (κ1) is 22.2. The molecule has 32 heavy (non-hydrogen) atoms. The van der Waals surface area contributed by atoms with Crippen LogP contribution in [0.25, 0.3) is 22.8 Å². The number of H-pyrrole nitrogens is 1. The van der Waals surface area contributed by atoms with E-state index in [1.54, 1.807) is 20.0 Å². The fraction of sp³-hybridized carbons (Fsp3) is 0.391. The van der Waals surface area contributed by atoms with E-state index in [1.807, 2.05) is 36.4 Å². The predicted molar refractivity (Wildman–Crippen MR) is 123 cm³/mol. The second kappa shape index (κ2) is 9.26. The summed E-state index contributed by atoms with van der Waals surface area (Å²) in [4.78, 5) is 21.3. The molecule has 168 valence electrons. The molecule has 0 atom stereocenters. The van der Waals surface area contributed by atoms with Gasteiger partial charge in [0.2, 0.25) is 0 Å². The number of carboxylic acids is 1. The molecule has 0 bridgehead atoms. The lowest BCUT2D eigenvalue weighted by atomic mass is 9.95. The first-order valence-electron chi connectivity index (χ1n) is 10.6. The van der Waals surface area contributed by atoms with Crippen molar-refractivity contribution in [2.24, 2.45) is 5.41 Å². The second-order valence-electron chi connectivity index (χ2n) is 8.59. The van der Waals surface area contributed by atoms with E-state index in [0.717, 1.165) is 42.9 Å². The summed E-state index contributed by atoms with van der Waals surface area (Å²) >= 11 is 6.25. The van der Waals surface area contributed by atoms with Gasteiger partial charge in [0.25, 0.3) is 0 Å². The lowest BCUT2D eigenvalue weighted by Crippen LogP contribution is -2.39. The number of anilines is 1. The molecule has 4 rings (SSSR count). The number of carboxylic acid groups (broad SMARTS) is 1. The maximum absolute atomic E-state index is 11.2. The number of nitrogens with zero attached hydrogens (tertiary/aromatic N) is 4. The molecule has 8 nitrogen and oxygen atoms in total. The third-order valence-electron chi connectivity index (χ3n) is 5.66. The molecule has 3 heterocycles. The first-order chi connectivity index (χ1) is 15.3. The quantitative estimate of drug-likeness (QED) is 0.547. The number of pyridine rings is 1. The van der Waals surface area contributed by atoms with Gasteiger partial charge in [-0.15, -0.1) is 10.2 Å². The number of halogens is 1. The molecule has 1 fully saturated rings. The summed E-state index contributed by atoms with van der Waals surface area (Å²) < 4.78 is 5.86.